The number of carbonyl (C=O) groups excluding carboxylic acids is 1. The molecular weight excluding hydrogens is 410 g/mol. The van der Waals surface area contributed by atoms with Gasteiger partial charge < -0.3 is 24.4 Å². The van der Waals surface area contributed by atoms with E-state index in [0.29, 0.717) is 23.8 Å². The Morgan fingerprint density at radius 3 is 2.67 bits per heavy atom. The molecule has 2 aliphatic rings. The quantitative estimate of drug-likeness (QED) is 0.695. The van der Waals surface area contributed by atoms with Crippen molar-refractivity contribution in [3.8, 4) is 17.2 Å². The maximum absolute atomic E-state index is 12.7. The monoisotopic (exact) mass is 433 g/mol. The molecule has 160 valence electrons. The Morgan fingerprint density at radius 2 is 1.93 bits per heavy atom. The number of amides is 2. The molecule has 2 amide bonds. The summed E-state index contributed by atoms with van der Waals surface area (Å²) in [5, 5.41) is 2.73. The summed E-state index contributed by atoms with van der Waals surface area (Å²) >= 11 is 0. The van der Waals surface area contributed by atoms with Gasteiger partial charge in [-0.1, -0.05) is 6.07 Å². The van der Waals surface area contributed by atoms with E-state index in [0.717, 1.165) is 18.4 Å². The van der Waals surface area contributed by atoms with Crippen LogP contribution < -0.4 is 24.2 Å². The van der Waals surface area contributed by atoms with Crippen LogP contribution in [0.4, 0.5) is 10.5 Å². The summed E-state index contributed by atoms with van der Waals surface area (Å²) in [5.41, 5.74) is 1.15. The zero-order valence-electron chi connectivity index (χ0n) is 16.7. The summed E-state index contributed by atoms with van der Waals surface area (Å²) in [7, 11) is -0.554. The lowest BCUT2D eigenvalue weighted by Gasteiger charge is -2.20. The SMILES string of the molecule is COc1ccc(S(=O)(=O)NC2CC2)cc1NC(=O)N(C)Cc1ccc2c(c1)OCO2. The van der Waals surface area contributed by atoms with Crippen LogP contribution in [0.5, 0.6) is 17.2 Å². The molecule has 1 heterocycles. The van der Waals surface area contributed by atoms with Crippen LogP contribution in [-0.4, -0.2) is 46.3 Å². The fourth-order valence-corrected chi connectivity index (χ4v) is 4.37. The zero-order valence-corrected chi connectivity index (χ0v) is 17.5. The van der Waals surface area contributed by atoms with Gasteiger partial charge >= 0.3 is 6.03 Å². The van der Waals surface area contributed by atoms with E-state index in [2.05, 4.69) is 10.0 Å². The van der Waals surface area contributed by atoms with Crippen molar-refractivity contribution in [3.05, 3.63) is 42.0 Å². The number of rotatable bonds is 7. The second kappa shape index (κ2) is 8.04. The number of fused-ring (bicyclic) bond motifs is 1. The third kappa shape index (κ3) is 4.44. The van der Waals surface area contributed by atoms with Gasteiger partial charge in [-0.15, -0.1) is 0 Å². The first kappa shape index (κ1) is 20.3. The number of nitrogens with zero attached hydrogens (tertiary/aromatic N) is 1. The number of sulfonamides is 1. The molecule has 1 aliphatic heterocycles. The van der Waals surface area contributed by atoms with Gasteiger partial charge in [0, 0.05) is 19.6 Å². The van der Waals surface area contributed by atoms with E-state index in [1.165, 1.54) is 30.2 Å². The molecule has 2 aromatic rings. The molecular formula is C20H23N3O6S. The van der Waals surface area contributed by atoms with Crippen LogP contribution in [0.25, 0.3) is 0 Å². The Hall–Kier alpha value is -2.98. The van der Waals surface area contributed by atoms with Gasteiger partial charge in [0.1, 0.15) is 5.75 Å². The first-order valence-corrected chi connectivity index (χ1v) is 10.9. The van der Waals surface area contributed by atoms with Crippen molar-refractivity contribution in [3.63, 3.8) is 0 Å². The minimum atomic E-state index is -3.65. The standard InChI is InChI=1S/C20H23N3O6S/c1-23(11-13-3-7-18-19(9-13)29-12-28-18)20(24)21-16-10-15(6-8-17(16)27-2)30(25,26)22-14-4-5-14/h3,6-10,14,22H,4-5,11-12H2,1-2H3,(H,21,24). The van der Waals surface area contributed by atoms with Crippen LogP contribution in [0.2, 0.25) is 0 Å². The summed E-state index contributed by atoms with van der Waals surface area (Å²) in [4.78, 5) is 14.3. The maximum Gasteiger partial charge on any atom is 0.321 e. The Kier molecular flexibility index (Phi) is 5.44. The fraction of sp³-hybridized carbons (Fsp3) is 0.350. The lowest BCUT2D eigenvalue weighted by atomic mass is 10.2. The van der Waals surface area contributed by atoms with Crippen molar-refractivity contribution in [2.24, 2.45) is 0 Å². The van der Waals surface area contributed by atoms with Gasteiger partial charge in [-0.3, -0.25) is 0 Å². The molecule has 4 rings (SSSR count). The van der Waals surface area contributed by atoms with Crippen LogP contribution in [0.3, 0.4) is 0 Å². The molecule has 0 bridgehead atoms. The molecule has 10 heteroatoms. The summed E-state index contributed by atoms with van der Waals surface area (Å²) in [6.45, 7) is 0.510. The summed E-state index contributed by atoms with van der Waals surface area (Å²) < 4.78 is 43.5. The van der Waals surface area contributed by atoms with E-state index in [1.807, 2.05) is 12.1 Å². The smallest absolute Gasteiger partial charge is 0.321 e. The Labute approximate surface area is 175 Å². The largest absolute Gasteiger partial charge is 0.495 e. The van der Waals surface area contributed by atoms with E-state index in [1.54, 1.807) is 13.1 Å². The van der Waals surface area contributed by atoms with Crippen molar-refractivity contribution in [1.82, 2.24) is 9.62 Å². The molecule has 2 aromatic carbocycles. The van der Waals surface area contributed by atoms with Crippen molar-refractivity contribution < 1.29 is 27.4 Å². The van der Waals surface area contributed by atoms with E-state index in [-0.39, 0.29) is 23.4 Å². The summed E-state index contributed by atoms with van der Waals surface area (Å²) in [6.07, 6.45) is 1.67. The van der Waals surface area contributed by atoms with Crippen LogP contribution in [0.15, 0.2) is 41.3 Å². The Bertz CT molecular complexity index is 1070. The number of anilines is 1. The van der Waals surface area contributed by atoms with Crippen molar-refractivity contribution in [2.45, 2.75) is 30.3 Å². The van der Waals surface area contributed by atoms with E-state index in [4.69, 9.17) is 14.2 Å². The molecule has 0 radical (unpaired) electrons. The molecule has 0 aromatic heterocycles. The molecule has 1 saturated carbocycles. The van der Waals surface area contributed by atoms with Gasteiger partial charge in [-0.2, -0.15) is 0 Å². The van der Waals surface area contributed by atoms with Crippen molar-refractivity contribution >= 4 is 21.7 Å². The molecule has 30 heavy (non-hydrogen) atoms. The molecule has 0 saturated heterocycles. The second-order valence-corrected chi connectivity index (χ2v) is 8.95. The third-order valence-electron chi connectivity index (χ3n) is 4.83. The minimum absolute atomic E-state index is 0.0111. The topological polar surface area (TPSA) is 106 Å². The minimum Gasteiger partial charge on any atom is -0.495 e. The van der Waals surface area contributed by atoms with Crippen LogP contribution in [0.1, 0.15) is 18.4 Å². The van der Waals surface area contributed by atoms with E-state index in [9.17, 15) is 13.2 Å². The number of urea groups is 1. The number of carbonyl (C=O) groups is 1. The molecule has 1 aliphatic carbocycles. The van der Waals surface area contributed by atoms with Crippen LogP contribution in [-0.2, 0) is 16.6 Å². The van der Waals surface area contributed by atoms with Gasteiger partial charge in [0.05, 0.1) is 17.7 Å². The van der Waals surface area contributed by atoms with Crippen LogP contribution in [0, 0.1) is 0 Å². The lowest BCUT2D eigenvalue weighted by Crippen LogP contribution is -2.31. The molecule has 0 spiro atoms. The predicted molar refractivity (Wildman–Crippen MR) is 109 cm³/mol. The highest BCUT2D eigenvalue weighted by Gasteiger charge is 2.28. The van der Waals surface area contributed by atoms with Gasteiger partial charge in [0.25, 0.3) is 0 Å². The normalized spacial score (nSPS) is 15.0. The number of hydrogen-bond acceptors (Lipinski definition) is 6. The summed E-state index contributed by atoms with van der Waals surface area (Å²) in [5.74, 6) is 1.68. The highest BCUT2D eigenvalue weighted by atomic mass is 32.2. The number of benzene rings is 2. The predicted octanol–water partition coefficient (Wildman–Crippen LogP) is 2.53. The van der Waals surface area contributed by atoms with E-state index < -0.39 is 16.1 Å². The van der Waals surface area contributed by atoms with Crippen molar-refractivity contribution in [1.29, 1.82) is 0 Å². The van der Waals surface area contributed by atoms with Crippen molar-refractivity contribution in [2.75, 3.05) is 26.3 Å². The number of ether oxygens (including phenoxy) is 3. The average molecular weight is 433 g/mol. The van der Waals surface area contributed by atoms with E-state index >= 15 is 0 Å². The second-order valence-electron chi connectivity index (χ2n) is 7.23. The molecule has 0 unspecified atom stereocenters. The zero-order chi connectivity index (χ0) is 21.3. The molecule has 2 N–H and O–H groups in total. The molecule has 1 fully saturated rings. The number of hydrogen-bond donors (Lipinski definition) is 2. The first-order chi connectivity index (χ1) is 14.4. The molecule has 0 atom stereocenters. The number of nitrogens with one attached hydrogen (secondary N) is 2. The molecule has 9 nitrogen and oxygen atoms in total. The summed E-state index contributed by atoms with van der Waals surface area (Å²) in [6, 6.07) is 9.44. The fourth-order valence-electron chi connectivity index (χ4n) is 3.04. The number of methoxy groups -OCH3 is 1. The van der Waals surface area contributed by atoms with Gasteiger partial charge in [-0.05, 0) is 48.7 Å². The van der Waals surface area contributed by atoms with Gasteiger partial charge in [-0.25, -0.2) is 17.9 Å². The third-order valence-corrected chi connectivity index (χ3v) is 6.34. The average Bonchev–Trinajstić information content (AvgIpc) is 3.39. The van der Waals surface area contributed by atoms with Gasteiger partial charge in [0.15, 0.2) is 11.5 Å². The first-order valence-electron chi connectivity index (χ1n) is 9.47. The lowest BCUT2D eigenvalue weighted by molar-refractivity contribution is 0.174. The van der Waals surface area contributed by atoms with Crippen LogP contribution >= 0.6 is 0 Å². The Balaban J connectivity index is 1.47. The highest BCUT2D eigenvalue weighted by Crippen LogP contribution is 2.33. The van der Waals surface area contributed by atoms with Gasteiger partial charge in [0.2, 0.25) is 16.8 Å². The highest BCUT2D eigenvalue weighted by molar-refractivity contribution is 7.89. The maximum atomic E-state index is 12.7. The Morgan fingerprint density at radius 1 is 1.17 bits per heavy atom.